The zero-order valence-corrected chi connectivity index (χ0v) is 11.6. The second-order valence-electron chi connectivity index (χ2n) is 6.59. The predicted molar refractivity (Wildman–Crippen MR) is 68.9 cm³/mol. The molecule has 90 valence electrons. The third kappa shape index (κ3) is 2.77. The quantitative estimate of drug-likeness (QED) is 0.533. The number of hydrogen-bond donors (Lipinski definition) is 0. The van der Waals surface area contributed by atoms with Crippen LogP contribution in [0.3, 0.4) is 0 Å². The summed E-state index contributed by atoms with van der Waals surface area (Å²) in [5, 5.41) is 0. The van der Waals surface area contributed by atoms with Gasteiger partial charge in [-0.05, 0) is 29.1 Å². The summed E-state index contributed by atoms with van der Waals surface area (Å²) in [4.78, 5) is 0. The summed E-state index contributed by atoms with van der Waals surface area (Å²) in [5.74, 6) is 3.79. The minimum absolute atomic E-state index is 0.625. The van der Waals surface area contributed by atoms with Crippen molar-refractivity contribution in [2.24, 2.45) is 29.1 Å². The molecular weight excluding hydrogens is 180 g/mol. The highest BCUT2D eigenvalue weighted by Gasteiger charge is 2.59. The summed E-state index contributed by atoms with van der Waals surface area (Å²) in [6.07, 6.45) is 5.67. The van der Waals surface area contributed by atoms with Gasteiger partial charge < -0.3 is 0 Å². The van der Waals surface area contributed by atoms with E-state index in [1.807, 2.05) is 0 Å². The van der Waals surface area contributed by atoms with Gasteiger partial charge >= 0.3 is 0 Å². The van der Waals surface area contributed by atoms with E-state index in [9.17, 15) is 0 Å². The monoisotopic (exact) mass is 210 g/mol. The lowest BCUT2D eigenvalue weighted by Crippen LogP contribution is -2.03. The van der Waals surface area contributed by atoms with Crippen molar-refractivity contribution in [2.45, 2.75) is 67.2 Å². The average molecular weight is 210 g/mol. The average Bonchev–Trinajstić information content (AvgIpc) is 2.69. The Morgan fingerprint density at radius 3 is 2.00 bits per heavy atom. The second-order valence-corrected chi connectivity index (χ2v) is 6.59. The Kier molecular flexibility index (Phi) is 4.26. The molecule has 0 N–H and O–H groups in total. The van der Waals surface area contributed by atoms with Gasteiger partial charge in [-0.2, -0.15) is 0 Å². The van der Waals surface area contributed by atoms with Crippen LogP contribution >= 0.6 is 0 Å². The van der Waals surface area contributed by atoms with E-state index in [2.05, 4.69) is 41.5 Å². The highest BCUT2D eigenvalue weighted by molar-refractivity contribution is 5.07. The van der Waals surface area contributed by atoms with E-state index in [4.69, 9.17) is 0 Å². The Morgan fingerprint density at radius 2 is 1.60 bits per heavy atom. The van der Waals surface area contributed by atoms with Crippen LogP contribution in [0.2, 0.25) is 0 Å². The Labute approximate surface area is 96.8 Å². The number of hydrogen-bond acceptors (Lipinski definition) is 0. The molecule has 0 heteroatoms. The first-order valence-corrected chi connectivity index (χ1v) is 6.92. The van der Waals surface area contributed by atoms with Crippen molar-refractivity contribution >= 4 is 0 Å². The van der Waals surface area contributed by atoms with E-state index in [0.29, 0.717) is 5.41 Å². The maximum atomic E-state index is 2.48. The van der Waals surface area contributed by atoms with Gasteiger partial charge in [-0.15, -0.1) is 0 Å². The molecule has 0 radical (unpaired) electrons. The molecule has 1 aliphatic rings. The normalized spacial score (nSPS) is 30.6. The topological polar surface area (TPSA) is 0 Å². The molecule has 0 bridgehead atoms. The van der Waals surface area contributed by atoms with Gasteiger partial charge in [-0.1, -0.05) is 67.2 Å². The molecule has 3 unspecified atom stereocenters. The van der Waals surface area contributed by atoms with E-state index >= 15 is 0 Å². The van der Waals surface area contributed by atoms with Crippen molar-refractivity contribution in [2.75, 3.05) is 0 Å². The molecule has 0 spiro atoms. The van der Waals surface area contributed by atoms with E-state index in [-0.39, 0.29) is 0 Å². The summed E-state index contributed by atoms with van der Waals surface area (Å²) < 4.78 is 0. The second kappa shape index (κ2) is 4.89. The molecule has 15 heavy (non-hydrogen) atoms. The van der Waals surface area contributed by atoms with Crippen molar-refractivity contribution in [1.29, 1.82) is 0 Å². The Hall–Kier alpha value is 0. The zero-order chi connectivity index (χ0) is 11.6. The molecule has 0 aromatic heterocycles. The highest BCUT2D eigenvalue weighted by Crippen LogP contribution is 2.65. The molecule has 0 aromatic rings. The van der Waals surface area contributed by atoms with Crippen LogP contribution in [0, 0.1) is 29.1 Å². The molecule has 3 atom stereocenters. The van der Waals surface area contributed by atoms with Gasteiger partial charge in [0.25, 0.3) is 0 Å². The van der Waals surface area contributed by atoms with Crippen molar-refractivity contribution in [3.05, 3.63) is 0 Å². The van der Waals surface area contributed by atoms with Crippen molar-refractivity contribution < 1.29 is 0 Å². The molecule has 0 aromatic carbocycles. The van der Waals surface area contributed by atoms with E-state index < -0.39 is 0 Å². The predicted octanol–water partition coefficient (Wildman–Crippen LogP) is 5.13. The summed E-state index contributed by atoms with van der Waals surface area (Å²) >= 11 is 0. The van der Waals surface area contributed by atoms with Crippen LogP contribution in [-0.2, 0) is 0 Å². The largest absolute Gasteiger partial charge is 0.0654 e. The van der Waals surface area contributed by atoms with Gasteiger partial charge in [0.2, 0.25) is 0 Å². The van der Waals surface area contributed by atoms with E-state index in [1.54, 1.807) is 0 Å². The summed E-state index contributed by atoms with van der Waals surface area (Å²) in [6.45, 7) is 14.5. The molecule has 0 heterocycles. The molecule has 1 fully saturated rings. The van der Waals surface area contributed by atoms with Crippen LogP contribution in [0.15, 0.2) is 0 Å². The van der Waals surface area contributed by atoms with Crippen molar-refractivity contribution in [3.8, 4) is 0 Å². The van der Waals surface area contributed by atoms with Crippen LogP contribution in [-0.4, -0.2) is 0 Å². The van der Waals surface area contributed by atoms with Gasteiger partial charge in [-0.25, -0.2) is 0 Å². The third-order valence-corrected chi connectivity index (χ3v) is 4.59. The Balaban J connectivity index is 2.38. The first kappa shape index (κ1) is 13.1. The van der Waals surface area contributed by atoms with Crippen molar-refractivity contribution in [1.82, 2.24) is 0 Å². The van der Waals surface area contributed by atoms with Crippen LogP contribution in [0.4, 0.5) is 0 Å². The zero-order valence-electron chi connectivity index (χ0n) is 11.6. The SMILES string of the molecule is CCCCCC(C)C1C(C(C)C)C1(C)C. The minimum Gasteiger partial charge on any atom is -0.0654 e. The summed E-state index contributed by atoms with van der Waals surface area (Å²) in [6, 6.07) is 0. The molecule has 1 saturated carbocycles. The summed E-state index contributed by atoms with van der Waals surface area (Å²) in [5.41, 5.74) is 0.625. The van der Waals surface area contributed by atoms with E-state index in [1.165, 1.54) is 25.7 Å². The molecule has 1 aliphatic carbocycles. The Bertz CT molecular complexity index is 190. The van der Waals surface area contributed by atoms with Crippen LogP contribution < -0.4 is 0 Å². The van der Waals surface area contributed by atoms with Gasteiger partial charge in [0.1, 0.15) is 0 Å². The standard InChI is InChI=1S/C15H30/c1-7-8-9-10-12(4)14-13(11(2)3)15(14,5)6/h11-14H,7-10H2,1-6H3. The lowest BCUT2D eigenvalue weighted by molar-refractivity contribution is 0.378. The fourth-order valence-corrected chi connectivity index (χ4v) is 3.98. The lowest BCUT2D eigenvalue weighted by Gasteiger charge is -2.12. The molecular formula is C15H30. The van der Waals surface area contributed by atoms with Crippen LogP contribution in [0.1, 0.15) is 67.2 Å². The molecule has 0 saturated heterocycles. The first-order chi connectivity index (χ1) is 6.92. The van der Waals surface area contributed by atoms with Crippen LogP contribution in [0.25, 0.3) is 0 Å². The van der Waals surface area contributed by atoms with Gasteiger partial charge in [-0.3, -0.25) is 0 Å². The number of unbranched alkanes of at least 4 members (excludes halogenated alkanes) is 2. The fourth-order valence-electron chi connectivity index (χ4n) is 3.98. The van der Waals surface area contributed by atoms with Gasteiger partial charge in [0.05, 0.1) is 0 Å². The maximum Gasteiger partial charge on any atom is -0.0287 e. The van der Waals surface area contributed by atoms with E-state index in [0.717, 1.165) is 23.7 Å². The smallest absolute Gasteiger partial charge is 0.0287 e. The van der Waals surface area contributed by atoms with Gasteiger partial charge in [0.15, 0.2) is 0 Å². The van der Waals surface area contributed by atoms with Gasteiger partial charge in [0, 0.05) is 0 Å². The molecule has 0 nitrogen and oxygen atoms in total. The minimum atomic E-state index is 0.625. The first-order valence-electron chi connectivity index (χ1n) is 6.92. The lowest BCUT2D eigenvalue weighted by atomic mass is 9.93. The fraction of sp³-hybridized carbons (Fsp3) is 1.00. The van der Waals surface area contributed by atoms with Crippen molar-refractivity contribution in [3.63, 3.8) is 0 Å². The third-order valence-electron chi connectivity index (χ3n) is 4.59. The highest BCUT2D eigenvalue weighted by atomic mass is 14.6. The molecule has 1 rings (SSSR count). The maximum absolute atomic E-state index is 2.48. The number of rotatable bonds is 6. The van der Waals surface area contributed by atoms with Crippen LogP contribution in [0.5, 0.6) is 0 Å². The summed E-state index contributed by atoms with van der Waals surface area (Å²) in [7, 11) is 0. The molecule has 0 aliphatic heterocycles. The Morgan fingerprint density at radius 1 is 1.00 bits per heavy atom. The molecule has 0 amide bonds.